The molecule has 8 nitrogen and oxygen atoms in total. The van der Waals surface area contributed by atoms with E-state index in [9.17, 15) is 19.5 Å². The zero-order valence-corrected chi connectivity index (χ0v) is 24.8. The number of carbonyl (C=O) groups excluding carboxylic acids is 3. The van der Waals surface area contributed by atoms with Crippen LogP contribution in [0, 0.1) is 5.92 Å². The predicted molar refractivity (Wildman–Crippen MR) is 160 cm³/mol. The fourth-order valence-corrected chi connectivity index (χ4v) is 4.45. The van der Waals surface area contributed by atoms with Crippen LogP contribution in [0.2, 0.25) is 0 Å². The number of nitrogens with one attached hydrogen (secondary N) is 1. The summed E-state index contributed by atoms with van der Waals surface area (Å²) in [7, 11) is 0. The molecule has 0 fully saturated rings. The van der Waals surface area contributed by atoms with Crippen LogP contribution in [0.3, 0.4) is 0 Å². The Labute approximate surface area is 242 Å². The molecular weight excluding hydrogens is 520 g/mol. The van der Waals surface area contributed by atoms with Crippen molar-refractivity contribution in [1.29, 1.82) is 0 Å². The Hall–Kier alpha value is -3.91. The van der Waals surface area contributed by atoms with Gasteiger partial charge in [-0.1, -0.05) is 74.5 Å². The van der Waals surface area contributed by atoms with E-state index >= 15 is 0 Å². The Morgan fingerprint density at radius 1 is 0.878 bits per heavy atom. The van der Waals surface area contributed by atoms with Gasteiger partial charge in [-0.15, -0.1) is 0 Å². The van der Waals surface area contributed by atoms with E-state index in [-0.39, 0.29) is 32.0 Å². The summed E-state index contributed by atoms with van der Waals surface area (Å²) in [5.74, 6) is -1.32. The number of fused-ring (bicyclic) bond motifs is 1. The smallest absolute Gasteiger partial charge is 0.336 e. The number of aliphatic hydroxyl groups excluding tert-OH is 1. The molecular formula is C33H42N2O6. The van der Waals surface area contributed by atoms with Gasteiger partial charge in [-0.2, -0.15) is 0 Å². The van der Waals surface area contributed by atoms with Gasteiger partial charge in [-0.05, 0) is 67.1 Å². The van der Waals surface area contributed by atoms with Crippen LogP contribution in [0.4, 0.5) is 4.79 Å². The summed E-state index contributed by atoms with van der Waals surface area (Å²) in [6.45, 7) is 10.9. The van der Waals surface area contributed by atoms with Crippen molar-refractivity contribution in [3.63, 3.8) is 0 Å². The lowest BCUT2D eigenvalue weighted by atomic mass is 9.98. The van der Waals surface area contributed by atoms with Gasteiger partial charge in [0.05, 0.1) is 13.2 Å². The molecule has 3 aromatic carbocycles. The average molecular weight is 563 g/mol. The topological polar surface area (TPSA) is 105 Å². The molecule has 3 rings (SSSR count). The zero-order chi connectivity index (χ0) is 30.2. The highest BCUT2D eigenvalue weighted by Crippen LogP contribution is 2.25. The van der Waals surface area contributed by atoms with Gasteiger partial charge in [0, 0.05) is 13.0 Å². The average Bonchev–Trinajstić information content (AvgIpc) is 2.91. The molecule has 0 heterocycles. The van der Waals surface area contributed by atoms with Gasteiger partial charge in [-0.25, -0.2) is 14.4 Å². The number of nitrogens with zero attached hydrogens (tertiary/aromatic N) is 1. The van der Waals surface area contributed by atoms with Gasteiger partial charge in [0.1, 0.15) is 11.6 Å². The number of urea groups is 1. The van der Waals surface area contributed by atoms with Crippen molar-refractivity contribution in [2.45, 2.75) is 65.7 Å². The van der Waals surface area contributed by atoms with Crippen molar-refractivity contribution in [2.24, 2.45) is 5.92 Å². The third kappa shape index (κ3) is 9.60. The number of hydrogen-bond acceptors (Lipinski definition) is 6. The maximum absolute atomic E-state index is 13.4. The number of hydrogen-bond donors (Lipinski definition) is 2. The minimum atomic E-state index is -1.50. The van der Waals surface area contributed by atoms with Gasteiger partial charge < -0.3 is 24.8 Å². The van der Waals surface area contributed by atoms with E-state index in [4.69, 9.17) is 9.47 Å². The van der Waals surface area contributed by atoms with Crippen molar-refractivity contribution < 1.29 is 29.0 Å². The molecule has 41 heavy (non-hydrogen) atoms. The Kier molecular flexibility index (Phi) is 10.9. The molecule has 0 aromatic heterocycles. The second-order valence-electron chi connectivity index (χ2n) is 11.6. The normalized spacial score (nSPS) is 13.0. The van der Waals surface area contributed by atoms with E-state index in [0.717, 1.165) is 22.1 Å². The zero-order valence-electron chi connectivity index (χ0n) is 24.8. The van der Waals surface area contributed by atoms with E-state index in [0.29, 0.717) is 0 Å². The van der Waals surface area contributed by atoms with Crippen LogP contribution in [-0.4, -0.2) is 65.4 Å². The van der Waals surface area contributed by atoms with Crippen LogP contribution in [0.5, 0.6) is 0 Å². The first-order chi connectivity index (χ1) is 19.4. The number of aliphatic hydroxyl groups is 1. The van der Waals surface area contributed by atoms with E-state index in [1.54, 1.807) is 27.7 Å². The summed E-state index contributed by atoms with van der Waals surface area (Å²) in [6, 6.07) is 20.8. The number of rotatable bonds is 11. The minimum Gasteiger partial charge on any atom is -0.464 e. The quantitative estimate of drug-likeness (QED) is 0.305. The highest BCUT2D eigenvalue weighted by atomic mass is 16.6. The molecule has 0 aliphatic heterocycles. The first-order valence-corrected chi connectivity index (χ1v) is 14.1. The summed E-state index contributed by atoms with van der Waals surface area (Å²) in [5, 5.41) is 15.4. The summed E-state index contributed by atoms with van der Waals surface area (Å²) >= 11 is 0. The molecule has 1 unspecified atom stereocenters. The van der Waals surface area contributed by atoms with Gasteiger partial charge in [-0.3, -0.25) is 0 Å². The number of amides is 2. The lowest BCUT2D eigenvalue weighted by Crippen LogP contribution is -2.53. The second kappa shape index (κ2) is 14.1. The summed E-state index contributed by atoms with van der Waals surface area (Å²) in [5.41, 5.74) is 2.20. The molecule has 0 radical (unpaired) electrons. The molecule has 8 heteroatoms. The fourth-order valence-electron chi connectivity index (χ4n) is 4.45. The first-order valence-electron chi connectivity index (χ1n) is 14.1. The van der Waals surface area contributed by atoms with Crippen LogP contribution in [0.15, 0.2) is 66.7 Å². The number of carbonyl (C=O) groups is 3. The molecule has 0 saturated heterocycles. The van der Waals surface area contributed by atoms with Gasteiger partial charge >= 0.3 is 18.0 Å². The molecule has 3 aromatic rings. The van der Waals surface area contributed by atoms with Crippen molar-refractivity contribution in [2.75, 3.05) is 19.7 Å². The fraction of sp³-hybridized carbons (Fsp3) is 0.424. The van der Waals surface area contributed by atoms with E-state index < -0.39 is 35.7 Å². The molecule has 2 atom stereocenters. The lowest BCUT2D eigenvalue weighted by molar-refractivity contribution is -0.157. The van der Waals surface area contributed by atoms with Crippen LogP contribution in [0.25, 0.3) is 21.9 Å². The van der Waals surface area contributed by atoms with Gasteiger partial charge in [0.2, 0.25) is 0 Å². The summed E-state index contributed by atoms with van der Waals surface area (Å²) in [4.78, 5) is 39.9. The summed E-state index contributed by atoms with van der Waals surface area (Å²) < 4.78 is 10.5. The van der Waals surface area contributed by atoms with Crippen LogP contribution in [0.1, 0.15) is 47.1 Å². The van der Waals surface area contributed by atoms with E-state index in [1.165, 1.54) is 10.3 Å². The highest BCUT2D eigenvalue weighted by Gasteiger charge is 2.30. The Morgan fingerprint density at radius 2 is 1.51 bits per heavy atom. The number of benzene rings is 3. The van der Waals surface area contributed by atoms with Gasteiger partial charge in [0.15, 0.2) is 6.10 Å². The molecule has 0 aliphatic rings. The molecule has 220 valence electrons. The number of ether oxygens (including phenoxy) is 2. The molecule has 2 amide bonds. The van der Waals surface area contributed by atoms with Crippen molar-refractivity contribution in [3.05, 3.63) is 72.3 Å². The van der Waals surface area contributed by atoms with Crippen molar-refractivity contribution in [1.82, 2.24) is 10.2 Å². The van der Waals surface area contributed by atoms with Crippen molar-refractivity contribution in [3.8, 4) is 11.1 Å². The molecule has 0 bridgehead atoms. The first kappa shape index (κ1) is 31.6. The maximum Gasteiger partial charge on any atom is 0.336 e. The molecule has 2 N–H and O–H groups in total. The minimum absolute atomic E-state index is 0.0535. The standard InChI is InChI=1S/C33H42N2O6/c1-7-40-31(38)29(36)21-35(20-22(2)3)32(39)34-28(30(37)41-33(4,5)6)18-23-12-14-25(15-13-23)27-17-16-24-10-8-9-11-26(24)19-27/h8-17,19,22,28-29,36H,7,18,20-21H2,1-6H3,(H,34,39)/t28-,29?/m0/s1. The molecule has 0 aliphatic carbocycles. The number of esters is 2. The van der Waals surface area contributed by atoms with Crippen LogP contribution in [-0.2, 0) is 25.5 Å². The Morgan fingerprint density at radius 3 is 2.12 bits per heavy atom. The van der Waals surface area contributed by atoms with Crippen LogP contribution < -0.4 is 5.32 Å². The second-order valence-corrected chi connectivity index (χ2v) is 11.6. The predicted octanol–water partition coefficient (Wildman–Crippen LogP) is 5.35. The highest BCUT2D eigenvalue weighted by molar-refractivity contribution is 5.87. The third-order valence-corrected chi connectivity index (χ3v) is 6.29. The maximum atomic E-state index is 13.4. The Balaban J connectivity index is 1.80. The lowest BCUT2D eigenvalue weighted by Gasteiger charge is -2.30. The summed E-state index contributed by atoms with van der Waals surface area (Å²) in [6.07, 6.45) is -1.30. The van der Waals surface area contributed by atoms with E-state index in [2.05, 4.69) is 35.6 Å². The monoisotopic (exact) mass is 562 g/mol. The molecule has 0 spiro atoms. The van der Waals surface area contributed by atoms with Crippen molar-refractivity contribution >= 4 is 28.7 Å². The largest absolute Gasteiger partial charge is 0.464 e. The van der Waals surface area contributed by atoms with E-state index in [1.807, 2.05) is 50.2 Å². The Bertz CT molecular complexity index is 1330. The third-order valence-electron chi connectivity index (χ3n) is 6.29. The SMILES string of the molecule is CCOC(=O)C(O)CN(CC(C)C)C(=O)N[C@@H](Cc1ccc(-c2ccc3ccccc3c2)cc1)C(=O)OC(C)(C)C. The van der Waals surface area contributed by atoms with Crippen LogP contribution >= 0.6 is 0 Å². The molecule has 0 saturated carbocycles. The van der Waals surface area contributed by atoms with Gasteiger partial charge in [0.25, 0.3) is 0 Å².